The summed E-state index contributed by atoms with van der Waals surface area (Å²) in [6.45, 7) is 5.69. The molecule has 2 heterocycles. The number of benzene rings is 2. The number of nitrogens with one attached hydrogen (secondary N) is 2. The van der Waals surface area contributed by atoms with Gasteiger partial charge in [-0.2, -0.15) is 4.98 Å². The number of aromatic nitrogens is 4. The summed E-state index contributed by atoms with van der Waals surface area (Å²) in [6, 6.07) is 14.1. The van der Waals surface area contributed by atoms with Gasteiger partial charge in [0, 0.05) is 17.2 Å². The molecule has 0 bridgehead atoms. The van der Waals surface area contributed by atoms with Gasteiger partial charge in [-0.1, -0.05) is 23.4 Å². The molecule has 8 nitrogen and oxygen atoms in total. The highest BCUT2D eigenvalue weighted by Gasteiger charge is 2.19. The number of hydrogen-bond donors (Lipinski definition) is 2. The quantitative estimate of drug-likeness (QED) is 0.542. The molecular formula is C21H21N5O3. The van der Waals surface area contributed by atoms with Gasteiger partial charge in [-0.15, -0.1) is 0 Å². The minimum atomic E-state index is -0.450. The molecule has 0 unspecified atom stereocenters. The molecule has 4 aromatic rings. The van der Waals surface area contributed by atoms with Crippen LogP contribution in [0.5, 0.6) is 0 Å². The van der Waals surface area contributed by atoms with Crippen LogP contribution < -0.4 is 11.0 Å². The molecule has 1 amide bonds. The smallest absolute Gasteiger partial charge is 0.326 e. The lowest BCUT2D eigenvalue weighted by Gasteiger charge is -2.09. The van der Waals surface area contributed by atoms with E-state index >= 15 is 0 Å². The van der Waals surface area contributed by atoms with E-state index < -0.39 is 6.04 Å². The Morgan fingerprint density at radius 1 is 1.14 bits per heavy atom. The summed E-state index contributed by atoms with van der Waals surface area (Å²) < 4.78 is 7.04. The maximum absolute atomic E-state index is 12.3. The molecule has 1 atom stereocenters. The molecule has 4 rings (SSSR count). The lowest BCUT2D eigenvalue weighted by molar-refractivity contribution is 0.0932. The van der Waals surface area contributed by atoms with Crippen LogP contribution in [0.2, 0.25) is 0 Å². The number of amides is 1. The van der Waals surface area contributed by atoms with E-state index in [1.165, 1.54) is 0 Å². The van der Waals surface area contributed by atoms with Crippen LogP contribution in [0.4, 0.5) is 0 Å². The number of nitrogens with zero attached hydrogens (tertiary/aromatic N) is 3. The van der Waals surface area contributed by atoms with Gasteiger partial charge in [0.1, 0.15) is 6.04 Å². The lowest BCUT2D eigenvalue weighted by atomic mass is 10.2. The number of carbonyl (C=O) groups is 1. The van der Waals surface area contributed by atoms with E-state index in [1.807, 2.05) is 38.1 Å². The van der Waals surface area contributed by atoms with Crippen LogP contribution in [0.1, 0.15) is 49.1 Å². The van der Waals surface area contributed by atoms with Gasteiger partial charge in [0.15, 0.2) is 0 Å². The summed E-state index contributed by atoms with van der Waals surface area (Å²) in [5.41, 5.74) is 2.64. The zero-order valence-corrected chi connectivity index (χ0v) is 16.3. The van der Waals surface area contributed by atoms with Crippen molar-refractivity contribution in [3.8, 4) is 11.4 Å². The van der Waals surface area contributed by atoms with E-state index in [9.17, 15) is 9.59 Å². The first kappa shape index (κ1) is 18.7. The first-order valence-electron chi connectivity index (χ1n) is 9.38. The Hall–Kier alpha value is -3.68. The average molecular weight is 391 g/mol. The standard InChI is InChI=1S/C21H21N5O3/c1-12(2)26-17-10-9-15(11-16(17)23-21(26)28)18-24-20(29-25-18)13(3)22-19(27)14-7-5-4-6-8-14/h4-13H,1-3H3,(H,22,27)(H,23,28)/t13-/m0/s1. The topological polar surface area (TPSA) is 106 Å². The summed E-state index contributed by atoms with van der Waals surface area (Å²) in [4.78, 5) is 31.7. The highest BCUT2D eigenvalue weighted by Crippen LogP contribution is 2.23. The largest absolute Gasteiger partial charge is 0.341 e. The van der Waals surface area contributed by atoms with Crippen molar-refractivity contribution in [2.75, 3.05) is 0 Å². The molecule has 2 N–H and O–H groups in total. The van der Waals surface area contributed by atoms with Crippen LogP contribution in [0, 0.1) is 0 Å². The highest BCUT2D eigenvalue weighted by atomic mass is 16.5. The van der Waals surface area contributed by atoms with Gasteiger partial charge in [-0.25, -0.2) is 4.79 Å². The normalized spacial score (nSPS) is 12.4. The third kappa shape index (κ3) is 3.56. The van der Waals surface area contributed by atoms with Crippen LogP contribution in [-0.2, 0) is 0 Å². The number of rotatable bonds is 5. The molecule has 148 valence electrons. The average Bonchev–Trinajstić information content (AvgIpc) is 3.32. The van der Waals surface area contributed by atoms with Gasteiger partial charge >= 0.3 is 5.69 Å². The van der Waals surface area contributed by atoms with Crippen molar-refractivity contribution in [2.24, 2.45) is 0 Å². The number of H-pyrrole nitrogens is 1. The zero-order valence-electron chi connectivity index (χ0n) is 16.3. The summed E-state index contributed by atoms with van der Waals surface area (Å²) in [5.74, 6) is 0.477. The Kier molecular flexibility index (Phi) is 4.75. The zero-order chi connectivity index (χ0) is 20.5. The number of hydrogen-bond acceptors (Lipinski definition) is 5. The van der Waals surface area contributed by atoms with E-state index in [-0.39, 0.29) is 17.6 Å². The second-order valence-electron chi connectivity index (χ2n) is 7.14. The van der Waals surface area contributed by atoms with Crippen molar-refractivity contribution in [3.05, 3.63) is 70.5 Å². The van der Waals surface area contributed by atoms with Crippen molar-refractivity contribution in [1.82, 2.24) is 25.0 Å². The van der Waals surface area contributed by atoms with Gasteiger partial charge < -0.3 is 14.8 Å². The first-order chi connectivity index (χ1) is 13.9. The molecule has 29 heavy (non-hydrogen) atoms. The fourth-order valence-corrected chi connectivity index (χ4v) is 3.24. The van der Waals surface area contributed by atoms with Gasteiger partial charge in [0.2, 0.25) is 11.7 Å². The maximum atomic E-state index is 12.3. The minimum Gasteiger partial charge on any atom is -0.341 e. The third-order valence-electron chi connectivity index (χ3n) is 4.69. The van der Waals surface area contributed by atoms with Crippen molar-refractivity contribution in [1.29, 1.82) is 0 Å². The molecule has 0 saturated heterocycles. The predicted octanol–water partition coefficient (Wildman–Crippen LogP) is 3.45. The first-order valence-corrected chi connectivity index (χ1v) is 9.38. The molecule has 0 aliphatic rings. The Morgan fingerprint density at radius 3 is 2.62 bits per heavy atom. The Morgan fingerprint density at radius 2 is 1.90 bits per heavy atom. The minimum absolute atomic E-state index is 0.0490. The van der Waals surface area contributed by atoms with Crippen LogP contribution >= 0.6 is 0 Å². The van der Waals surface area contributed by atoms with E-state index in [4.69, 9.17) is 4.52 Å². The molecule has 0 aliphatic carbocycles. The van der Waals surface area contributed by atoms with Gasteiger partial charge in [0.25, 0.3) is 5.91 Å². The van der Waals surface area contributed by atoms with Crippen LogP contribution in [0.3, 0.4) is 0 Å². The lowest BCUT2D eigenvalue weighted by Crippen LogP contribution is -2.26. The summed E-state index contributed by atoms with van der Waals surface area (Å²) in [6.07, 6.45) is 0. The monoisotopic (exact) mass is 391 g/mol. The summed E-state index contributed by atoms with van der Waals surface area (Å²) in [7, 11) is 0. The molecule has 0 aliphatic heterocycles. The molecule has 0 saturated carbocycles. The third-order valence-corrected chi connectivity index (χ3v) is 4.69. The van der Waals surface area contributed by atoms with Crippen LogP contribution in [0.25, 0.3) is 22.4 Å². The van der Waals surface area contributed by atoms with E-state index in [0.29, 0.717) is 28.4 Å². The SMILES string of the molecule is CC(C)n1c(=O)[nH]c2cc(-c3noc([C@H](C)NC(=O)c4ccccc4)n3)ccc21. The van der Waals surface area contributed by atoms with Crippen molar-refractivity contribution >= 4 is 16.9 Å². The van der Waals surface area contributed by atoms with Gasteiger partial charge in [-0.05, 0) is 51.1 Å². The van der Waals surface area contributed by atoms with Crippen LogP contribution in [0.15, 0.2) is 57.8 Å². The molecule has 0 fully saturated rings. The van der Waals surface area contributed by atoms with Crippen LogP contribution in [-0.4, -0.2) is 25.6 Å². The van der Waals surface area contributed by atoms with Gasteiger partial charge in [0.05, 0.1) is 11.0 Å². The highest BCUT2D eigenvalue weighted by molar-refractivity contribution is 5.94. The van der Waals surface area contributed by atoms with E-state index in [2.05, 4.69) is 20.4 Å². The summed E-state index contributed by atoms with van der Waals surface area (Å²) in [5, 5.41) is 6.87. The molecule has 8 heteroatoms. The fourth-order valence-electron chi connectivity index (χ4n) is 3.24. The molecule has 0 spiro atoms. The van der Waals surface area contributed by atoms with E-state index in [1.54, 1.807) is 35.8 Å². The molecule has 0 radical (unpaired) electrons. The van der Waals surface area contributed by atoms with Crippen molar-refractivity contribution in [2.45, 2.75) is 32.9 Å². The second kappa shape index (κ2) is 7.38. The summed E-state index contributed by atoms with van der Waals surface area (Å²) >= 11 is 0. The van der Waals surface area contributed by atoms with Crippen molar-refractivity contribution in [3.63, 3.8) is 0 Å². The van der Waals surface area contributed by atoms with Crippen molar-refractivity contribution < 1.29 is 9.32 Å². The Bertz CT molecular complexity index is 1220. The number of imidazole rings is 1. The number of fused-ring (bicyclic) bond motifs is 1. The number of aromatic amines is 1. The maximum Gasteiger partial charge on any atom is 0.326 e. The Labute approximate surface area is 166 Å². The fraction of sp³-hybridized carbons (Fsp3) is 0.238. The molecule has 2 aromatic heterocycles. The predicted molar refractivity (Wildman–Crippen MR) is 109 cm³/mol. The number of carbonyl (C=O) groups excluding carboxylic acids is 1. The Balaban J connectivity index is 1.57. The second-order valence-corrected chi connectivity index (χ2v) is 7.14. The van der Waals surface area contributed by atoms with E-state index in [0.717, 1.165) is 5.52 Å². The molecule has 2 aromatic carbocycles. The molecular weight excluding hydrogens is 370 g/mol. The van der Waals surface area contributed by atoms with Gasteiger partial charge in [-0.3, -0.25) is 9.36 Å².